The largest absolute Gasteiger partial charge is 0.462 e. The molecule has 0 bridgehead atoms. The fourth-order valence-electron chi connectivity index (χ4n) is 3.19. The first-order valence-corrected chi connectivity index (χ1v) is 7.51. The molecule has 0 spiro atoms. The highest BCUT2D eigenvalue weighted by Crippen LogP contribution is 2.34. The summed E-state index contributed by atoms with van der Waals surface area (Å²) in [5, 5.41) is 8.69. The Morgan fingerprint density at radius 1 is 1.05 bits per heavy atom. The molecule has 2 rings (SSSR count). The van der Waals surface area contributed by atoms with E-state index >= 15 is 0 Å². The van der Waals surface area contributed by atoms with Gasteiger partial charge >= 0.3 is 5.97 Å². The number of esters is 1. The average molecular weight is 319 g/mol. The van der Waals surface area contributed by atoms with Gasteiger partial charge < -0.3 is 9.47 Å². The third-order valence-electron chi connectivity index (χ3n) is 4.55. The molecular weight excluding hydrogens is 299 g/mol. The van der Waals surface area contributed by atoms with Crippen molar-refractivity contribution in [1.29, 1.82) is 5.26 Å². The molecule has 0 heterocycles. The van der Waals surface area contributed by atoms with E-state index < -0.39 is 42.4 Å². The molecule has 4 nitrogen and oxygen atoms in total. The lowest BCUT2D eigenvalue weighted by Crippen LogP contribution is -2.42. The summed E-state index contributed by atoms with van der Waals surface area (Å²) in [5.41, 5.74) is 0. The zero-order valence-electron chi connectivity index (χ0n) is 12.4. The minimum absolute atomic E-state index is 0.120. The third kappa shape index (κ3) is 3.72. The molecule has 2 aliphatic rings. The number of methoxy groups -OCH3 is 1. The zero-order chi connectivity index (χ0) is 16.3. The first kappa shape index (κ1) is 17.1. The molecule has 2 aliphatic carbocycles. The summed E-state index contributed by atoms with van der Waals surface area (Å²) in [6.45, 7) is 0. The van der Waals surface area contributed by atoms with Crippen LogP contribution in [0.5, 0.6) is 0 Å². The number of alkyl halides is 3. The number of carbonyl (C=O) groups is 1. The second-order valence-corrected chi connectivity index (χ2v) is 6.01. The van der Waals surface area contributed by atoms with Crippen LogP contribution in [0.2, 0.25) is 0 Å². The molecular formula is C15H20F3NO3. The summed E-state index contributed by atoms with van der Waals surface area (Å²) in [4.78, 5) is 12.0. The second kappa shape index (κ2) is 7.32. The molecule has 0 saturated heterocycles. The van der Waals surface area contributed by atoms with Gasteiger partial charge in [0.2, 0.25) is 0 Å². The van der Waals surface area contributed by atoms with Gasteiger partial charge in [0.1, 0.15) is 30.5 Å². The quantitative estimate of drug-likeness (QED) is 0.750. The second-order valence-electron chi connectivity index (χ2n) is 6.01. The van der Waals surface area contributed by atoms with Crippen molar-refractivity contribution in [3.63, 3.8) is 0 Å². The molecule has 5 unspecified atom stereocenters. The normalized spacial score (nSPS) is 42.4. The predicted molar refractivity (Wildman–Crippen MR) is 71.0 cm³/mol. The molecule has 2 fully saturated rings. The van der Waals surface area contributed by atoms with Crippen molar-refractivity contribution in [1.82, 2.24) is 0 Å². The maximum Gasteiger partial charge on any atom is 0.312 e. The SMILES string of the molecule is COC1CCC(C(=O)OC2CC(F)C(C#N)C(F)C2)C(F)C1. The molecule has 0 aliphatic heterocycles. The Hall–Kier alpha value is -1.29. The minimum atomic E-state index is -1.67. The van der Waals surface area contributed by atoms with Crippen molar-refractivity contribution in [2.75, 3.05) is 7.11 Å². The number of nitrogens with zero attached hydrogens (tertiary/aromatic N) is 1. The van der Waals surface area contributed by atoms with Crippen LogP contribution in [0.4, 0.5) is 13.2 Å². The van der Waals surface area contributed by atoms with Gasteiger partial charge in [0.15, 0.2) is 0 Å². The van der Waals surface area contributed by atoms with E-state index in [9.17, 15) is 18.0 Å². The van der Waals surface area contributed by atoms with E-state index in [1.165, 1.54) is 7.11 Å². The van der Waals surface area contributed by atoms with E-state index in [-0.39, 0.29) is 25.4 Å². The van der Waals surface area contributed by atoms with Gasteiger partial charge in [-0.1, -0.05) is 0 Å². The highest BCUT2D eigenvalue weighted by Gasteiger charge is 2.42. The zero-order valence-corrected chi connectivity index (χ0v) is 12.4. The van der Waals surface area contributed by atoms with Gasteiger partial charge in [0, 0.05) is 26.4 Å². The van der Waals surface area contributed by atoms with Crippen LogP contribution in [0.3, 0.4) is 0 Å². The molecule has 0 aromatic rings. The molecule has 7 heteroatoms. The van der Waals surface area contributed by atoms with Crippen molar-refractivity contribution < 1.29 is 27.4 Å². The summed E-state index contributed by atoms with van der Waals surface area (Å²) in [7, 11) is 1.49. The van der Waals surface area contributed by atoms with Crippen LogP contribution in [0, 0.1) is 23.2 Å². The van der Waals surface area contributed by atoms with E-state index in [4.69, 9.17) is 14.7 Å². The van der Waals surface area contributed by atoms with E-state index in [1.54, 1.807) is 6.07 Å². The van der Waals surface area contributed by atoms with Crippen molar-refractivity contribution in [2.24, 2.45) is 11.8 Å². The summed E-state index contributed by atoms with van der Waals surface area (Å²) in [6.07, 6.45) is -5.32. The van der Waals surface area contributed by atoms with Crippen LogP contribution in [-0.2, 0) is 14.3 Å². The van der Waals surface area contributed by atoms with Gasteiger partial charge in [0.25, 0.3) is 0 Å². The third-order valence-corrected chi connectivity index (χ3v) is 4.55. The molecule has 0 aromatic heterocycles. The Morgan fingerprint density at radius 3 is 2.14 bits per heavy atom. The number of rotatable bonds is 3. The number of hydrogen-bond acceptors (Lipinski definition) is 4. The fraction of sp³-hybridized carbons (Fsp3) is 0.867. The van der Waals surface area contributed by atoms with E-state index in [2.05, 4.69) is 0 Å². The Bertz CT molecular complexity index is 430. The summed E-state index contributed by atoms with van der Waals surface area (Å²) in [5.74, 6) is -2.97. The Labute approximate surface area is 127 Å². The van der Waals surface area contributed by atoms with E-state index in [1.807, 2.05) is 0 Å². The molecule has 22 heavy (non-hydrogen) atoms. The molecule has 2 saturated carbocycles. The lowest BCUT2D eigenvalue weighted by atomic mass is 9.84. The Kier molecular flexibility index (Phi) is 5.68. The molecule has 0 amide bonds. The standard InChI is InChI=1S/C15H20F3NO3/c1-21-8-2-3-10(12(16)4-8)15(20)22-9-5-13(17)11(7-19)14(18)6-9/h8-14H,2-6H2,1H3. The van der Waals surface area contributed by atoms with Crippen molar-refractivity contribution in [3.05, 3.63) is 0 Å². The molecule has 5 atom stereocenters. The maximum atomic E-state index is 14.0. The Morgan fingerprint density at radius 2 is 1.64 bits per heavy atom. The minimum Gasteiger partial charge on any atom is -0.462 e. The first-order chi connectivity index (χ1) is 10.5. The van der Waals surface area contributed by atoms with Crippen LogP contribution in [0.1, 0.15) is 32.1 Å². The van der Waals surface area contributed by atoms with Crippen molar-refractivity contribution in [3.8, 4) is 6.07 Å². The van der Waals surface area contributed by atoms with Crippen LogP contribution in [0.25, 0.3) is 0 Å². The lowest BCUT2D eigenvalue weighted by molar-refractivity contribution is -0.163. The van der Waals surface area contributed by atoms with Gasteiger partial charge in [-0.25, -0.2) is 13.2 Å². The molecule has 0 N–H and O–H groups in total. The van der Waals surface area contributed by atoms with Crippen molar-refractivity contribution >= 4 is 5.97 Å². The highest BCUT2D eigenvalue weighted by molar-refractivity contribution is 5.73. The number of ether oxygens (including phenoxy) is 2. The van der Waals surface area contributed by atoms with Gasteiger partial charge in [-0.2, -0.15) is 5.26 Å². The van der Waals surface area contributed by atoms with Gasteiger partial charge in [0.05, 0.1) is 18.1 Å². The number of nitriles is 1. The first-order valence-electron chi connectivity index (χ1n) is 7.51. The van der Waals surface area contributed by atoms with Crippen LogP contribution < -0.4 is 0 Å². The van der Waals surface area contributed by atoms with Crippen LogP contribution in [-0.4, -0.2) is 43.8 Å². The fourth-order valence-corrected chi connectivity index (χ4v) is 3.19. The van der Waals surface area contributed by atoms with E-state index in [0.717, 1.165) is 0 Å². The number of halogens is 3. The lowest BCUT2D eigenvalue weighted by Gasteiger charge is -2.33. The summed E-state index contributed by atoms with van der Waals surface area (Å²) in [6, 6.07) is 1.59. The monoisotopic (exact) mass is 319 g/mol. The molecule has 0 radical (unpaired) electrons. The summed E-state index contributed by atoms with van der Waals surface area (Å²) < 4.78 is 51.5. The molecule has 0 aromatic carbocycles. The van der Waals surface area contributed by atoms with E-state index in [0.29, 0.717) is 12.8 Å². The Balaban J connectivity index is 1.89. The average Bonchev–Trinajstić information content (AvgIpc) is 2.46. The highest BCUT2D eigenvalue weighted by atomic mass is 19.1. The number of hydrogen-bond donors (Lipinski definition) is 0. The maximum absolute atomic E-state index is 14.0. The topological polar surface area (TPSA) is 59.3 Å². The molecule has 124 valence electrons. The van der Waals surface area contributed by atoms with Crippen LogP contribution in [0.15, 0.2) is 0 Å². The van der Waals surface area contributed by atoms with Crippen LogP contribution >= 0.6 is 0 Å². The van der Waals surface area contributed by atoms with Gasteiger partial charge in [-0.15, -0.1) is 0 Å². The number of carbonyl (C=O) groups excluding carboxylic acids is 1. The predicted octanol–water partition coefficient (Wildman–Crippen LogP) is 2.66. The summed E-state index contributed by atoms with van der Waals surface area (Å²) >= 11 is 0. The van der Waals surface area contributed by atoms with Gasteiger partial charge in [-0.05, 0) is 12.8 Å². The smallest absolute Gasteiger partial charge is 0.312 e. The van der Waals surface area contributed by atoms with Crippen molar-refractivity contribution in [2.45, 2.75) is 62.8 Å². The van der Waals surface area contributed by atoms with Gasteiger partial charge in [-0.3, -0.25) is 4.79 Å².